The normalized spacial score (nSPS) is 9.29. The molecule has 0 aromatic heterocycles. The van der Waals surface area contributed by atoms with Crippen molar-refractivity contribution in [2.45, 2.75) is 19.6 Å². The highest BCUT2D eigenvalue weighted by Crippen LogP contribution is 2.18. The molecule has 2 rings (SSSR count). The molecule has 0 fully saturated rings. The van der Waals surface area contributed by atoms with Crippen LogP contribution in [0.5, 0.6) is 11.5 Å². The van der Waals surface area contributed by atoms with E-state index in [1.54, 1.807) is 0 Å². The zero-order valence-corrected chi connectivity index (χ0v) is 17.6. The summed E-state index contributed by atoms with van der Waals surface area (Å²) in [5.41, 5.74) is 1.82. The van der Waals surface area contributed by atoms with Gasteiger partial charge in [0.2, 0.25) is 16.3 Å². The van der Waals surface area contributed by atoms with Crippen molar-refractivity contribution in [1.82, 2.24) is 0 Å². The Balaban J connectivity index is 0.00000139. The molecular weight excluding hydrogens is 335 g/mol. The van der Waals surface area contributed by atoms with Gasteiger partial charge in [0, 0.05) is 11.4 Å². The van der Waals surface area contributed by atoms with Crippen molar-refractivity contribution in [3.63, 3.8) is 0 Å². The second-order valence-corrected chi connectivity index (χ2v) is 4.90. The van der Waals surface area contributed by atoms with E-state index in [1.165, 1.54) is 16.3 Å². The Hall–Kier alpha value is -1.74. The summed E-state index contributed by atoms with van der Waals surface area (Å²) in [5, 5.41) is 6.80. The van der Waals surface area contributed by atoms with Crippen molar-refractivity contribution in [2.75, 3.05) is 23.8 Å². The largest absolute Gasteiger partial charge is 0.494 e. The second kappa shape index (κ2) is 11.7. The van der Waals surface area contributed by atoms with Crippen molar-refractivity contribution < 1.29 is 9.47 Å². The number of thiocarbonyl (C=S) groups is 1. The third-order valence-electron chi connectivity index (χ3n) is 2.85. The van der Waals surface area contributed by atoms with Gasteiger partial charge in [0.1, 0.15) is 11.5 Å². The highest BCUT2D eigenvalue weighted by atomic mass is 32.1. The number of rotatable bonds is 6. The van der Waals surface area contributed by atoms with Gasteiger partial charge in [-0.05, 0) is 74.6 Å². The Morgan fingerprint density at radius 2 is 1.12 bits per heavy atom. The summed E-state index contributed by atoms with van der Waals surface area (Å²) in [4.78, 5) is 0. The molecule has 128 valence electrons. The third kappa shape index (κ3) is 7.22. The summed E-state index contributed by atoms with van der Waals surface area (Å²) < 4.78 is 10.8. The zero-order valence-electron chi connectivity index (χ0n) is 14.8. The number of hydrogen-bond donors (Lipinski definition) is 2. The van der Waals surface area contributed by atoms with Gasteiger partial charge in [-0.15, -0.1) is 5.79 Å². The molecule has 4 nitrogen and oxygen atoms in total. The first kappa shape index (κ1) is 20.3. The fourth-order valence-electron chi connectivity index (χ4n) is 1.90. The molecule has 0 saturated carbocycles. The highest BCUT2D eigenvalue weighted by molar-refractivity contribution is 7.80. The lowest BCUT2D eigenvalue weighted by Gasteiger charge is -2.12. The number of anilines is 2. The molecule has 0 aliphatic carbocycles. The number of nitrogens with one attached hydrogen (secondary N) is 2. The molecular formula is C18H25AlN2O2S. The first-order valence-corrected chi connectivity index (χ1v) is 10.7. The van der Waals surface area contributed by atoms with Crippen LogP contribution in [0.15, 0.2) is 48.5 Å². The van der Waals surface area contributed by atoms with Crippen LogP contribution < -0.4 is 20.1 Å². The van der Waals surface area contributed by atoms with Crippen LogP contribution in [-0.2, 0) is 0 Å². The van der Waals surface area contributed by atoms with Crippen LogP contribution in [-0.4, -0.2) is 34.6 Å². The van der Waals surface area contributed by atoms with Gasteiger partial charge >= 0.3 is 0 Å². The average Bonchev–Trinajstić information content (AvgIpc) is 2.61. The van der Waals surface area contributed by atoms with Crippen LogP contribution in [0.25, 0.3) is 0 Å². The molecule has 0 amide bonds. The van der Waals surface area contributed by atoms with Crippen molar-refractivity contribution in [3.05, 3.63) is 48.5 Å². The van der Waals surface area contributed by atoms with E-state index >= 15 is 0 Å². The highest BCUT2D eigenvalue weighted by Gasteiger charge is 2.00. The molecule has 24 heavy (non-hydrogen) atoms. The van der Waals surface area contributed by atoms with Crippen LogP contribution in [0.4, 0.5) is 11.4 Å². The maximum Gasteiger partial charge on any atom is 0.207 e. The molecule has 0 radical (unpaired) electrons. The van der Waals surface area contributed by atoms with Gasteiger partial charge in [-0.1, -0.05) is 0 Å². The Bertz CT molecular complexity index is 550. The monoisotopic (exact) mass is 360 g/mol. The third-order valence-corrected chi connectivity index (χ3v) is 3.05. The number of benzene rings is 2. The maximum absolute atomic E-state index is 5.40. The summed E-state index contributed by atoms with van der Waals surface area (Å²) in [6.45, 7) is 5.24. The van der Waals surface area contributed by atoms with Gasteiger partial charge in [-0.3, -0.25) is 0 Å². The molecule has 2 N–H and O–H groups in total. The van der Waals surface area contributed by atoms with E-state index in [1.807, 2.05) is 62.4 Å². The van der Waals surface area contributed by atoms with Gasteiger partial charge in [-0.25, -0.2) is 0 Å². The second-order valence-electron chi connectivity index (χ2n) is 4.49. The van der Waals surface area contributed by atoms with E-state index in [4.69, 9.17) is 21.7 Å². The van der Waals surface area contributed by atoms with Crippen LogP contribution >= 0.6 is 12.2 Å². The molecule has 2 aromatic carbocycles. The minimum Gasteiger partial charge on any atom is -0.494 e. The van der Waals surface area contributed by atoms with E-state index in [0.29, 0.717) is 18.3 Å². The van der Waals surface area contributed by atoms with Gasteiger partial charge in [0.25, 0.3) is 0 Å². The Morgan fingerprint density at radius 1 is 0.792 bits per heavy atom. The van der Waals surface area contributed by atoms with Crippen LogP contribution in [0.1, 0.15) is 13.8 Å². The summed E-state index contributed by atoms with van der Waals surface area (Å²) in [7, 11) is 0. The van der Waals surface area contributed by atoms with Crippen molar-refractivity contribution in [2.24, 2.45) is 0 Å². The lowest BCUT2D eigenvalue weighted by atomic mass is 10.3. The summed E-state index contributed by atoms with van der Waals surface area (Å²) >= 11 is 6.61. The maximum atomic E-state index is 5.40. The topological polar surface area (TPSA) is 42.5 Å². The standard InChI is InChI=1S/C17H20N2O2S.CH3.Al.2H/c1-3-20-15-9-5-13(6-10-15)18-17(22)19-14-7-11-16(12-8-14)21-4-2;;;;/h5-12H,3-4H2,1-2H3,(H2,18,19,22);1H3;;;. The minimum atomic E-state index is 0.535. The van der Waals surface area contributed by atoms with Crippen molar-refractivity contribution >= 4 is 45.0 Å². The summed E-state index contributed by atoms with van der Waals surface area (Å²) in [5.74, 6) is 3.83. The molecule has 0 saturated heterocycles. The van der Waals surface area contributed by atoms with E-state index in [2.05, 4.69) is 16.4 Å². The van der Waals surface area contributed by atoms with E-state index in [0.717, 1.165) is 22.9 Å². The van der Waals surface area contributed by atoms with Gasteiger partial charge in [0.05, 0.1) is 13.2 Å². The van der Waals surface area contributed by atoms with E-state index in [9.17, 15) is 0 Å². The molecule has 6 heteroatoms. The molecule has 0 aliphatic heterocycles. The lowest BCUT2D eigenvalue weighted by Crippen LogP contribution is -2.18. The predicted molar refractivity (Wildman–Crippen MR) is 109 cm³/mol. The van der Waals surface area contributed by atoms with Crippen LogP contribution in [0, 0.1) is 0 Å². The van der Waals surface area contributed by atoms with E-state index < -0.39 is 0 Å². The van der Waals surface area contributed by atoms with Gasteiger partial charge < -0.3 is 20.1 Å². The molecule has 0 aliphatic rings. The van der Waals surface area contributed by atoms with Crippen molar-refractivity contribution in [3.8, 4) is 11.5 Å². The van der Waals surface area contributed by atoms with Crippen molar-refractivity contribution in [1.29, 1.82) is 0 Å². The Kier molecular flexibility index (Phi) is 9.94. The molecule has 2 aromatic rings. The smallest absolute Gasteiger partial charge is 0.207 e. The van der Waals surface area contributed by atoms with Crippen LogP contribution in [0.3, 0.4) is 0 Å². The van der Waals surface area contributed by atoms with Gasteiger partial charge in [0.15, 0.2) is 5.11 Å². The minimum absolute atomic E-state index is 0.535. The molecule has 0 spiro atoms. The Morgan fingerprint density at radius 3 is 1.42 bits per heavy atom. The quantitative estimate of drug-likeness (QED) is 0.603. The Labute approximate surface area is 158 Å². The van der Waals surface area contributed by atoms with Crippen LogP contribution in [0.2, 0.25) is 5.79 Å². The molecule has 0 bridgehead atoms. The molecule has 0 atom stereocenters. The zero-order chi connectivity index (χ0) is 17.8. The summed E-state index contributed by atoms with van der Waals surface area (Å²) in [6, 6.07) is 15.3. The average molecular weight is 360 g/mol. The van der Waals surface area contributed by atoms with Gasteiger partial charge in [-0.2, -0.15) is 0 Å². The summed E-state index contributed by atoms with van der Waals surface area (Å²) in [6.07, 6.45) is 0. The SMILES string of the molecule is CCOc1ccc(NC(=S)Nc2ccc(OCC)cc2)cc1.[CH3][AlH2]. The van der Waals surface area contributed by atoms with E-state index in [-0.39, 0.29) is 0 Å². The first-order chi connectivity index (χ1) is 11.7. The predicted octanol–water partition coefficient (Wildman–Crippen LogP) is 3.96. The molecule has 0 heterocycles. The molecule has 0 unspecified atom stereocenters. The number of ether oxygens (including phenoxy) is 2. The fraction of sp³-hybridized carbons (Fsp3) is 0.278. The fourth-order valence-corrected chi connectivity index (χ4v) is 2.13. The lowest BCUT2D eigenvalue weighted by molar-refractivity contribution is 0.340. The number of hydrogen-bond acceptors (Lipinski definition) is 3. The first-order valence-electron chi connectivity index (χ1n) is 8.25.